The van der Waals surface area contributed by atoms with Gasteiger partial charge >= 0.3 is 0 Å². The summed E-state index contributed by atoms with van der Waals surface area (Å²) in [7, 11) is 0. The van der Waals surface area contributed by atoms with Crippen LogP contribution in [-0.2, 0) is 0 Å². The fourth-order valence-electron chi connectivity index (χ4n) is 8.16. The molecule has 0 spiro atoms. The summed E-state index contributed by atoms with van der Waals surface area (Å²) in [5.74, 6) is 1.82. The number of hydrogen-bond donors (Lipinski definition) is 0. The molecule has 2 aromatic heterocycles. The molecule has 4 nitrogen and oxygen atoms in total. The third-order valence-electron chi connectivity index (χ3n) is 11.0. The van der Waals surface area contributed by atoms with Crippen molar-refractivity contribution in [1.82, 2.24) is 15.0 Å². The van der Waals surface area contributed by atoms with Crippen molar-refractivity contribution in [3.63, 3.8) is 0 Å². The highest BCUT2D eigenvalue weighted by Gasteiger charge is 2.20. The molecule has 0 N–H and O–H groups in total. The van der Waals surface area contributed by atoms with Gasteiger partial charge in [-0.05, 0) is 55.4 Å². The lowest BCUT2D eigenvalue weighted by atomic mass is 9.95. The summed E-state index contributed by atoms with van der Waals surface area (Å²) >= 11 is 0. The summed E-state index contributed by atoms with van der Waals surface area (Å²) < 4.78 is 6.89. The molecule has 9 aromatic carbocycles. The number of fused-ring (bicyclic) bond motifs is 6. The van der Waals surface area contributed by atoms with Crippen LogP contribution in [-0.4, -0.2) is 15.0 Å². The molecule has 0 aliphatic rings. The van der Waals surface area contributed by atoms with E-state index < -0.39 is 0 Å². The van der Waals surface area contributed by atoms with Gasteiger partial charge in [-0.2, -0.15) is 0 Å². The standard InChI is InChI=1S/C53H33N3O/c1-3-13-34(14-4-1)35-25-31-40(32-26-35)52-54-51(39-16-5-2-6-17-39)55-53(56-52)47-33-48-49(45-21-10-9-20-44(45)47)46-24-12-23-43(50(46)57-48)38-29-27-37(28-30-38)42-22-11-18-36-15-7-8-19-41(36)42/h1-33H. The molecule has 0 bridgehead atoms. The highest BCUT2D eigenvalue weighted by Crippen LogP contribution is 2.43. The summed E-state index contributed by atoms with van der Waals surface area (Å²) in [6, 6.07) is 69.8. The van der Waals surface area contributed by atoms with Crippen molar-refractivity contribution in [2.24, 2.45) is 0 Å². The van der Waals surface area contributed by atoms with Gasteiger partial charge in [0.2, 0.25) is 0 Å². The Morgan fingerprint density at radius 2 is 0.772 bits per heavy atom. The lowest BCUT2D eigenvalue weighted by Crippen LogP contribution is -2.00. The van der Waals surface area contributed by atoms with Crippen LogP contribution in [0.3, 0.4) is 0 Å². The molecular formula is C53H33N3O. The first-order chi connectivity index (χ1) is 28.2. The van der Waals surface area contributed by atoms with E-state index >= 15 is 0 Å². The number of aromatic nitrogens is 3. The minimum absolute atomic E-state index is 0.591. The first-order valence-corrected chi connectivity index (χ1v) is 19.2. The molecule has 0 saturated heterocycles. The van der Waals surface area contributed by atoms with Gasteiger partial charge in [0, 0.05) is 33.0 Å². The van der Waals surface area contributed by atoms with Crippen LogP contribution in [0, 0.1) is 0 Å². The molecule has 0 aliphatic carbocycles. The maximum absolute atomic E-state index is 6.89. The van der Waals surface area contributed by atoms with Crippen molar-refractivity contribution in [2.75, 3.05) is 0 Å². The SMILES string of the molecule is c1ccc(-c2ccc(-c3nc(-c4ccccc4)nc(-c4cc5oc6c(-c7ccc(-c8cccc9ccccc89)cc7)cccc6c5c5ccccc45)n3)cc2)cc1. The van der Waals surface area contributed by atoms with E-state index in [9.17, 15) is 0 Å². The number of hydrogen-bond acceptors (Lipinski definition) is 4. The van der Waals surface area contributed by atoms with Crippen molar-refractivity contribution in [1.29, 1.82) is 0 Å². The molecule has 0 amide bonds. The van der Waals surface area contributed by atoms with Gasteiger partial charge in [0.1, 0.15) is 11.2 Å². The van der Waals surface area contributed by atoms with E-state index in [0.29, 0.717) is 17.5 Å². The van der Waals surface area contributed by atoms with Gasteiger partial charge in [-0.3, -0.25) is 0 Å². The van der Waals surface area contributed by atoms with E-state index in [0.717, 1.165) is 71.7 Å². The van der Waals surface area contributed by atoms with Gasteiger partial charge in [-0.15, -0.1) is 0 Å². The van der Waals surface area contributed by atoms with Crippen molar-refractivity contribution in [3.8, 4) is 67.5 Å². The zero-order valence-corrected chi connectivity index (χ0v) is 30.8. The molecule has 0 saturated carbocycles. The Morgan fingerprint density at radius 1 is 0.298 bits per heavy atom. The van der Waals surface area contributed by atoms with E-state index in [4.69, 9.17) is 19.4 Å². The van der Waals surface area contributed by atoms with Gasteiger partial charge in [0.15, 0.2) is 17.5 Å². The Balaban J connectivity index is 1.06. The maximum atomic E-state index is 6.89. The Hall–Kier alpha value is -7.69. The van der Waals surface area contributed by atoms with Gasteiger partial charge < -0.3 is 4.42 Å². The molecule has 11 aromatic rings. The smallest absolute Gasteiger partial charge is 0.164 e. The molecule has 0 atom stereocenters. The molecule has 57 heavy (non-hydrogen) atoms. The zero-order valence-electron chi connectivity index (χ0n) is 30.8. The quantitative estimate of drug-likeness (QED) is 0.171. The molecule has 4 heteroatoms. The van der Waals surface area contributed by atoms with E-state index in [1.807, 2.05) is 36.4 Å². The lowest BCUT2D eigenvalue weighted by molar-refractivity contribution is 0.670. The number of rotatable bonds is 6. The largest absolute Gasteiger partial charge is 0.455 e. The highest BCUT2D eigenvalue weighted by molar-refractivity contribution is 6.23. The predicted molar refractivity (Wildman–Crippen MR) is 235 cm³/mol. The third-order valence-corrected chi connectivity index (χ3v) is 11.0. The Bertz CT molecular complexity index is 3260. The van der Waals surface area contributed by atoms with Crippen molar-refractivity contribution in [3.05, 3.63) is 200 Å². The van der Waals surface area contributed by atoms with E-state index in [1.165, 1.54) is 21.9 Å². The maximum Gasteiger partial charge on any atom is 0.164 e. The van der Waals surface area contributed by atoms with Crippen LogP contribution >= 0.6 is 0 Å². The van der Waals surface area contributed by atoms with Crippen molar-refractivity contribution >= 4 is 43.5 Å². The number of nitrogens with zero attached hydrogens (tertiary/aromatic N) is 3. The molecule has 2 heterocycles. The minimum atomic E-state index is 0.591. The highest BCUT2D eigenvalue weighted by atomic mass is 16.3. The summed E-state index contributed by atoms with van der Waals surface area (Å²) in [4.78, 5) is 15.3. The van der Waals surface area contributed by atoms with E-state index in [1.54, 1.807) is 0 Å². The topological polar surface area (TPSA) is 51.8 Å². The summed E-state index contributed by atoms with van der Waals surface area (Å²) in [5.41, 5.74) is 11.2. The van der Waals surface area contributed by atoms with Crippen molar-refractivity contribution in [2.45, 2.75) is 0 Å². The van der Waals surface area contributed by atoms with Gasteiger partial charge in [0.05, 0.1) is 0 Å². The lowest BCUT2D eigenvalue weighted by Gasteiger charge is -2.11. The van der Waals surface area contributed by atoms with Crippen LogP contribution in [0.15, 0.2) is 205 Å². The molecule has 266 valence electrons. The van der Waals surface area contributed by atoms with Gasteiger partial charge in [-0.25, -0.2) is 15.0 Å². The molecule has 0 fully saturated rings. The monoisotopic (exact) mass is 727 g/mol. The molecule has 11 rings (SSSR count). The Labute approximate surface area is 329 Å². The van der Waals surface area contributed by atoms with Gasteiger partial charge in [-0.1, -0.05) is 194 Å². The minimum Gasteiger partial charge on any atom is -0.455 e. The average molecular weight is 728 g/mol. The first kappa shape index (κ1) is 32.7. The van der Waals surface area contributed by atoms with Crippen LogP contribution in [0.25, 0.3) is 111 Å². The van der Waals surface area contributed by atoms with Crippen LogP contribution < -0.4 is 0 Å². The fraction of sp³-hybridized carbons (Fsp3) is 0. The summed E-state index contributed by atoms with van der Waals surface area (Å²) in [6.45, 7) is 0. The molecule has 0 unspecified atom stereocenters. The van der Waals surface area contributed by atoms with E-state index in [2.05, 4.69) is 164 Å². The Morgan fingerprint density at radius 3 is 1.51 bits per heavy atom. The van der Waals surface area contributed by atoms with Gasteiger partial charge in [0.25, 0.3) is 0 Å². The second-order valence-electron chi connectivity index (χ2n) is 14.3. The summed E-state index contributed by atoms with van der Waals surface area (Å²) in [6.07, 6.45) is 0. The number of benzene rings is 9. The van der Waals surface area contributed by atoms with Crippen LogP contribution in [0.5, 0.6) is 0 Å². The van der Waals surface area contributed by atoms with E-state index in [-0.39, 0.29) is 0 Å². The fourth-order valence-corrected chi connectivity index (χ4v) is 8.16. The van der Waals surface area contributed by atoms with Crippen LogP contribution in [0.1, 0.15) is 0 Å². The normalized spacial score (nSPS) is 11.5. The summed E-state index contributed by atoms with van der Waals surface area (Å²) in [5, 5.41) is 6.77. The average Bonchev–Trinajstić information content (AvgIpc) is 3.68. The predicted octanol–water partition coefficient (Wildman–Crippen LogP) is 14.1. The number of furan rings is 1. The molecular weight excluding hydrogens is 695 g/mol. The zero-order chi connectivity index (χ0) is 37.7. The molecule has 0 aliphatic heterocycles. The Kier molecular flexibility index (Phi) is 7.78. The number of para-hydroxylation sites is 1. The molecule has 0 radical (unpaired) electrons. The first-order valence-electron chi connectivity index (χ1n) is 19.2. The second-order valence-corrected chi connectivity index (χ2v) is 14.3. The van der Waals surface area contributed by atoms with Crippen molar-refractivity contribution < 1.29 is 4.42 Å². The van der Waals surface area contributed by atoms with Crippen LogP contribution in [0.2, 0.25) is 0 Å². The third kappa shape index (κ3) is 5.74. The second kappa shape index (κ2) is 13.6. The van der Waals surface area contributed by atoms with Crippen LogP contribution in [0.4, 0.5) is 0 Å².